The number of nitrogens with one attached hydrogen (secondary N) is 1. The van der Waals surface area contributed by atoms with E-state index >= 15 is 0 Å². The van der Waals surface area contributed by atoms with Gasteiger partial charge < -0.3 is 15.3 Å². The number of hydrogen-bond donors (Lipinski definition) is 2. The van der Waals surface area contributed by atoms with E-state index in [1.807, 2.05) is 7.05 Å². The first-order valence-corrected chi connectivity index (χ1v) is 8.17. The fourth-order valence-electron chi connectivity index (χ4n) is 3.84. The number of hydrogen-bond acceptors (Lipinski definition) is 4. The number of aliphatic hydroxyl groups excluding tert-OH is 1. The van der Waals surface area contributed by atoms with E-state index in [-0.39, 0.29) is 12.1 Å². The van der Waals surface area contributed by atoms with E-state index in [1.54, 1.807) is 0 Å². The van der Waals surface area contributed by atoms with Gasteiger partial charge in [0.2, 0.25) is 0 Å². The first-order chi connectivity index (χ1) is 9.49. The van der Waals surface area contributed by atoms with E-state index in [1.165, 1.54) is 19.3 Å². The van der Waals surface area contributed by atoms with Crippen LogP contribution in [0.25, 0.3) is 0 Å². The molecule has 4 heteroatoms. The van der Waals surface area contributed by atoms with Crippen molar-refractivity contribution in [2.45, 2.75) is 51.1 Å². The third kappa shape index (κ3) is 4.42. The molecule has 0 heterocycles. The lowest BCUT2D eigenvalue weighted by atomic mass is 9.85. The molecule has 0 saturated heterocycles. The first kappa shape index (κ1) is 17.9. The van der Waals surface area contributed by atoms with Gasteiger partial charge in [-0.1, -0.05) is 13.3 Å². The summed E-state index contributed by atoms with van der Waals surface area (Å²) in [6.45, 7) is 8.18. The Morgan fingerprint density at radius 2 is 2.10 bits per heavy atom. The van der Waals surface area contributed by atoms with Crippen molar-refractivity contribution in [3.8, 4) is 0 Å². The van der Waals surface area contributed by atoms with Crippen LogP contribution >= 0.6 is 0 Å². The lowest BCUT2D eigenvalue weighted by molar-refractivity contribution is 0.109. The van der Waals surface area contributed by atoms with Gasteiger partial charge >= 0.3 is 0 Å². The summed E-state index contributed by atoms with van der Waals surface area (Å²) < 4.78 is 0. The Balaban J connectivity index is 2.51. The maximum absolute atomic E-state index is 9.75. The minimum atomic E-state index is -0.0236. The van der Waals surface area contributed by atoms with Crippen molar-refractivity contribution in [3.63, 3.8) is 0 Å². The molecule has 1 saturated carbocycles. The van der Waals surface area contributed by atoms with E-state index in [2.05, 4.69) is 43.1 Å². The van der Waals surface area contributed by atoms with Crippen LogP contribution in [-0.2, 0) is 0 Å². The average Bonchev–Trinajstić information content (AvgIpc) is 2.82. The molecule has 4 nitrogen and oxygen atoms in total. The molecular weight excluding hydrogens is 250 g/mol. The maximum atomic E-state index is 9.75. The summed E-state index contributed by atoms with van der Waals surface area (Å²) in [5.41, 5.74) is -0.0236. The first-order valence-electron chi connectivity index (χ1n) is 8.17. The summed E-state index contributed by atoms with van der Waals surface area (Å²) in [7, 11) is 6.28. The molecule has 0 aromatic heterocycles. The van der Waals surface area contributed by atoms with Crippen LogP contribution in [-0.4, -0.2) is 73.9 Å². The molecule has 0 bridgehead atoms. The molecule has 1 aliphatic carbocycles. The highest BCUT2D eigenvalue weighted by molar-refractivity contribution is 4.98. The predicted octanol–water partition coefficient (Wildman–Crippen LogP) is 1.40. The van der Waals surface area contributed by atoms with E-state index in [4.69, 9.17) is 0 Å². The fraction of sp³-hybridized carbons (Fsp3) is 1.00. The second-order valence-corrected chi connectivity index (χ2v) is 6.68. The Bertz CT molecular complexity index is 266. The molecule has 0 radical (unpaired) electrons. The topological polar surface area (TPSA) is 38.7 Å². The Morgan fingerprint density at radius 1 is 1.40 bits per heavy atom. The summed E-state index contributed by atoms with van der Waals surface area (Å²) in [6.07, 6.45) is 4.80. The number of nitrogens with zero attached hydrogens (tertiary/aromatic N) is 2. The highest BCUT2D eigenvalue weighted by atomic mass is 16.3. The standard InChI is InChI=1S/C16H35N3O/c1-6-19(14(2)12-18(4)5)11-9-15-8-7-10-16(15,13-20)17-3/h14-15,17,20H,6-13H2,1-5H3. The molecule has 1 rings (SSSR count). The number of aliphatic hydroxyl groups is 1. The van der Waals surface area contributed by atoms with E-state index in [0.29, 0.717) is 12.0 Å². The molecule has 3 atom stereocenters. The fourth-order valence-corrected chi connectivity index (χ4v) is 3.84. The van der Waals surface area contributed by atoms with Crippen molar-refractivity contribution in [2.75, 3.05) is 47.4 Å². The molecule has 3 unspecified atom stereocenters. The normalized spacial score (nSPS) is 28.5. The third-order valence-electron chi connectivity index (χ3n) is 5.16. The molecule has 0 aromatic rings. The highest BCUT2D eigenvalue weighted by Gasteiger charge is 2.40. The van der Waals surface area contributed by atoms with Gasteiger partial charge in [-0.3, -0.25) is 4.90 Å². The van der Waals surface area contributed by atoms with E-state index in [0.717, 1.165) is 26.1 Å². The van der Waals surface area contributed by atoms with E-state index < -0.39 is 0 Å². The van der Waals surface area contributed by atoms with Crippen LogP contribution in [0.4, 0.5) is 0 Å². The Kier molecular flexibility index (Phi) is 7.45. The molecule has 0 spiro atoms. The zero-order valence-corrected chi connectivity index (χ0v) is 14.2. The molecule has 0 amide bonds. The van der Waals surface area contributed by atoms with Crippen LogP contribution in [0.2, 0.25) is 0 Å². The number of rotatable bonds is 9. The second kappa shape index (κ2) is 8.32. The van der Waals surface area contributed by atoms with Gasteiger partial charge in [0.1, 0.15) is 0 Å². The Hall–Kier alpha value is -0.160. The van der Waals surface area contributed by atoms with Gasteiger partial charge in [0.15, 0.2) is 0 Å². The van der Waals surface area contributed by atoms with Gasteiger partial charge in [-0.2, -0.15) is 0 Å². The quantitative estimate of drug-likeness (QED) is 0.672. The minimum absolute atomic E-state index is 0.0236. The molecule has 1 aliphatic rings. The van der Waals surface area contributed by atoms with Gasteiger partial charge in [0.25, 0.3) is 0 Å². The number of likely N-dealkylation sites (N-methyl/N-ethyl adjacent to an activating group) is 3. The van der Waals surface area contributed by atoms with Crippen LogP contribution in [0, 0.1) is 5.92 Å². The SMILES string of the molecule is CCN(CCC1CCCC1(CO)NC)C(C)CN(C)C. The Labute approximate surface area is 125 Å². The van der Waals surface area contributed by atoms with Crippen LogP contribution in [0.1, 0.15) is 39.5 Å². The van der Waals surface area contributed by atoms with Crippen molar-refractivity contribution < 1.29 is 5.11 Å². The molecule has 0 aromatic carbocycles. The average molecular weight is 285 g/mol. The van der Waals surface area contributed by atoms with Crippen molar-refractivity contribution in [2.24, 2.45) is 5.92 Å². The largest absolute Gasteiger partial charge is 0.394 e. The molecule has 20 heavy (non-hydrogen) atoms. The summed E-state index contributed by atoms with van der Waals surface area (Å²) in [6, 6.07) is 0.592. The molecule has 0 aliphatic heterocycles. The Morgan fingerprint density at radius 3 is 2.60 bits per heavy atom. The van der Waals surface area contributed by atoms with E-state index in [9.17, 15) is 5.11 Å². The molecular formula is C16H35N3O. The maximum Gasteiger partial charge on any atom is 0.0615 e. The lowest BCUT2D eigenvalue weighted by Gasteiger charge is -2.36. The van der Waals surface area contributed by atoms with Gasteiger partial charge in [0, 0.05) is 18.1 Å². The van der Waals surface area contributed by atoms with Crippen molar-refractivity contribution in [3.05, 3.63) is 0 Å². The predicted molar refractivity (Wildman–Crippen MR) is 86.1 cm³/mol. The lowest BCUT2D eigenvalue weighted by Crippen LogP contribution is -2.50. The third-order valence-corrected chi connectivity index (χ3v) is 5.16. The van der Waals surface area contributed by atoms with Crippen molar-refractivity contribution >= 4 is 0 Å². The second-order valence-electron chi connectivity index (χ2n) is 6.68. The molecule has 120 valence electrons. The summed E-state index contributed by atoms with van der Waals surface area (Å²) in [5, 5.41) is 13.2. The van der Waals surface area contributed by atoms with Crippen LogP contribution in [0.15, 0.2) is 0 Å². The monoisotopic (exact) mass is 285 g/mol. The van der Waals surface area contributed by atoms with Crippen LogP contribution in [0.3, 0.4) is 0 Å². The van der Waals surface area contributed by atoms with Gasteiger partial charge in [0.05, 0.1) is 6.61 Å². The molecule has 2 N–H and O–H groups in total. The van der Waals surface area contributed by atoms with Gasteiger partial charge in [-0.15, -0.1) is 0 Å². The zero-order valence-electron chi connectivity index (χ0n) is 14.2. The van der Waals surface area contributed by atoms with Gasteiger partial charge in [-0.25, -0.2) is 0 Å². The molecule has 1 fully saturated rings. The summed E-state index contributed by atoms with van der Waals surface area (Å²) in [4.78, 5) is 4.82. The summed E-state index contributed by atoms with van der Waals surface area (Å²) >= 11 is 0. The van der Waals surface area contributed by atoms with Crippen LogP contribution in [0.5, 0.6) is 0 Å². The smallest absolute Gasteiger partial charge is 0.0615 e. The van der Waals surface area contributed by atoms with Crippen molar-refractivity contribution in [1.82, 2.24) is 15.1 Å². The zero-order chi connectivity index (χ0) is 15.2. The van der Waals surface area contributed by atoms with Crippen molar-refractivity contribution in [1.29, 1.82) is 0 Å². The van der Waals surface area contributed by atoms with Crippen LogP contribution < -0.4 is 5.32 Å². The summed E-state index contributed by atoms with van der Waals surface area (Å²) in [5.74, 6) is 0.609. The van der Waals surface area contributed by atoms with Gasteiger partial charge in [-0.05, 0) is 66.3 Å². The highest BCUT2D eigenvalue weighted by Crippen LogP contribution is 2.37. The minimum Gasteiger partial charge on any atom is -0.394 e.